The normalized spacial score (nSPS) is 14.1. The number of hydrogen-bond donors (Lipinski definition) is 1. The fourth-order valence-corrected chi connectivity index (χ4v) is 4.12. The molecule has 33 heavy (non-hydrogen) atoms. The van der Waals surface area contributed by atoms with Crippen LogP contribution >= 0.6 is 0 Å². The van der Waals surface area contributed by atoms with Gasteiger partial charge in [-0.05, 0) is 61.4 Å². The van der Waals surface area contributed by atoms with E-state index in [0.717, 1.165) is 43.1 Å². The van der Waals surface area contributed by atoms with E-state index >= 15 is 0 Å². The number of para-hydroxylation sites is 1. The number of methoxy groups -OCH3 is 1. The molecule has 1 aliphatic rings. The second kappa shape index (κ2) is 10.3. The van der Waals surface area contributed by atoms with Gasteiger partial charge in [0.25, 0.3) is 11.8 Å². The molecule has 1 N–H and O–H groups in total. The maximum atomic E-state index is 13.1. The van der Waals surface area contributed by atoms with Gasteiger partial charge in [0.2, 0.25) is 0 Å². The number of furan rings is 1. The molecule has 1 fully saturated rings. The summed E-state index contributed by atoms with van der Waals surface area (Å²) >= 11 is 0. The molecule has 7 nitrogen and oxygen atoms in total. The molecule has 0 radical (unpaired) electrons. The van der Waals surface area contributed by atoms with E-state index in [2.05, 4.69) is 10.2 Å². The average molecular weight is 448 g/mol. The third-order valence-corrected chi connectivity index (χ3v) is 5.98. The van der Waals surface area contributed by atoms with Crippen molar-refractivity contribution in [3.8, 4) is 5.75 Å². The highest BCUT2D eigenvalue weighted by atomic mass is 16.5. The lowest BCUT2D eigenvalue weighted by atomic mass is 10.0. The van der Waals surface area contributed by atoms with Gasteiger partial charge in [0, 0.05) is 37.4 Å². The zero-order valence-electron chi connectivity index (χ0n) is 19.0. The van der Waals surface area contributed by atoms with Crippen molar-refractivity contribution in [3.63, 3.8) is 0 Å². The Balaban J connectivity index is 1.36. The summed E-state index contributed by atoms with van der Waals surface area (Å²) in [6, 6.07) is 18.6. The number of anilines is 1. The third-order valence-electron chi connectivity index (χ3n) is 5.98. The summed E-state index contributed by atoms with van der Waals surface area (Å²) in [5.74, 6) is 1.35. The number of amides is 2. The SMILES string of the molecule is COc1ccc(C(=O)NC2CCN(c3ccccc3C(=O)N(C)Cc3ccco3)CC2)cc1. The second-order valence-corrected chi connectivity index (χ2v) is 8.22. The maximum absolute atomic E-state index is 13.1. The molecule has 3 aromatic rings. The number of piperidine rings is 1. The van der Waals surface area contributed by atoms with E-state index in [9.17, 15) is 9.59 Å². The van der Waals surface area contributed by atoms with Crippen LogP contribution in [0.5, 0.6) is 5.75 Å². The van der Waals surface area contributed by atoms with Crippen LogP contribution in [0.2, 0.25) is 0 Å². The number of carbonyl (C=O) groups is 2. The van der Waals surface area contributed by atoms with Gasteiger partial charge in [0.05, 0.1) is 25.5 Å². The van der Waals surface area contributed by atoms with Gasteiger partial charge in [-0.1, -0.05) is 12.1 Å². The van der Waals surface area contributed by atoms with E-state index in [1.807, 2.05) is 36.4 Å². The molecule has 0 unspecified atom stereocenters. The Bertz CT molecular complexity index is 1070. The molecule has 0 saturated carbocycles. The van der Waals surface area contributed by atoms with Crippen LogP contribution in [-0.4, -0.2) is 50.0 Å². The molecule has 172 valence electrons. The van der Waals surface area contributed by atoms with Crippen molar-refractivity contribution in [2.75, 3.05) is 32.1 Å². The Morgan fingerprint density at radius 3 is 2.45 bits per heavy atom. The van der Waals surface area contributed by atoms with Gasteiger partial charge in [-0.2, -0.15) is 0 Å². The maximum Gasteiger partial charge on any atom is 0.256 e. The first-order valence-corrected chi connectivity index (χ1v) is 11.1. The van der Waals surface area contributed by atoms with Crippen molar-refractivity contribution in [1.82, 2.24) is 10.2 Å². The van der Waals surface area contributed by atoms with Crippen molar-refractivity contribution in [1.29, 1.82) is 0 Å². The summed E-state index contributed by atoms with van der Waals surface area (Å²) < 4.78 is 10.5. The number of hydrogen-bond acceptors (Lipinski definition) is 5. The van der Waals surface area contributed by atoms with Gasteiger partial charge in [-0.25, -0.2) is 0 Å². The molecule has 7 heteroatoms. The number of nitrogens with one attached hydrogen (secondary N) is 1. The minimum absolute atomic E-state index is 0.0445. The Hall–Kier alpha value is -3.74. The quantitative estimate of drug-likeness (QED) is 0.593. The second-order valence-electron chi connectivity index (χ2n) is 8.22. The molecule has 2 amide bonds. The Kier molecular flexibility index (Phi) is 6.98. The van der Waals surface area contributed by atoms with Gasteiger partial charge >= 0.3 is 0 Å². The largest absolute Gasteiger partial charge is 0.497 e. The number of nitrogens with zero attached hydrogens (tertiary/aromatic N) is 2. The summed E-state index contributed by atoms with van der Waals surface area (Å²) in [5.41, 5.74) is 2.22. The van der Waals surface area contributed by atoms with Crippen LogP contribution in [0.1, 0.15) is 39.3 Å². The smallest absolute Gasteiger partial charge is 0.256 e. The zero-order chi connectivity index (χ0) is 23.2. The number of carbonyl (C=O) groups excluding carboxylic acids is 2. The average Bonchev–Trinajstić information content (AvgIpc) is 3.37. The van der Waals surface area contributed by atoms with Gasteiger partial charge in [-0.15, -0.1) is 0 Å². The predicted octanol–water partition coefficient (Wildman–Crippen LogP) is 3.96. The lowest BCUT2D eigenvalue weighted by molar-refractivity contribution is 0.0776. The monoisotopic (exact) mass is 447 g/mol. The Morgan fingerprint density at radius 2 is 1.79 bits per heavy atom. The molecular formula is C26H29N3O4. The minimum Gasteiger partial charge on any atom is -0.497 e. The molecule has 2 heterocycles. The topological polar surface area (TPSA) is 75.0 Å². The summed E-state index contributed by atoms with van der Waals surface area (Å²) in [6.45, 7) is 1.94. The molecule has 0 aliphatic carbocycles. The van der Waals surface area contributed by atoms with Crippen molar-refractivity contribution < 1.29 is 18.7 Å². The molecule has 0 bridgehead atoms. The first-order chi connectivity index (χ1) is 16.0. The molecule has 1 aromatic heterocycles. The van der Waals surface area contributed by atoms with Crippen LogP contribution in [0.25, 0.3) is 0 Å². The minimum atomic E-state index is -0.0776. The van der Waals surface area contributed by atoms with Crippen molar-refractivity contribution in [2.24, 2.45) is 0 Å². The standard InChI is InChI=1S/C26H29N3O4/c1-28(18-22-6-5-17-33-22)26(31)23-7-3-4-8-24(23)29-15-13-20(14-16-29)27-25(30)19-9-11-21(32-2)12-10-19/h3-12,17,20H,13-16,18H2,1-2H3,(H,27,30). The highest BCUT2D eigenvalue weighted by Crippen LogP contribution is 2.26. The molecule has 0 spiro atoms. The van der Waals surface area contributed by atoms with Gasteiger partial charge < -0.3 is 24.3 Å². The van der Waals surface area contributed by atoms with Crippen LogP contribution in [0.3, 0.4) is 0 Å². The first-order valence-electron chi connectivity index (χ1n) is 11.1. The highest BCUT2D eigenvalue weighted by Gasteiger charge is 2.25. The van der Waals surface area contributed by atoms with E-state index in [1.165, 1.54) is 0 Å². The molecule has 2 aromatic carbocycles. The molecule has 1 aliphatic heterocycles. The molecule has 1 saturated heterocycles. The van der Waals surface area contributed by atoms with Gasteiger partial charge in [0.15, 0.2) is 0 Å². The van der Waals surface area contributed by atoms with E-state index in [4.69, 9.17) is 9.15 Å². The van der Waals surface area contributed by atoms with E-state index in [-0.39, 0.29) is 17.9 Å². The third kappa shape index (κ3) is 5.37. The molecule has 4 rings (SSSR count). The zero-order valence-corrected chi connectivity index (χ0v) is 19.0. The summed E-state index contributed by atoms with van der Waals surface area (Å²) in [4.78, 5) is 29.6. The van der Waals surface area contributed by atoms with Crippen LogP contribution in [0, 0.1) is 0 Å². The van der Waals surface area contributed by atoms with E-state index in [0.29, 0.717) is 17.7 Å². The van der Waals surface area contributed by atoms with E-state index < -0.39 is 0 Å². The highest BCUT2D eigenvalue weighted by molar-refractivity contribution is 5.99. The van der Waals surface area contributed by atoms with Crippen LogP contribution in [-0.2, 0) is 6.54 Å². The number of benzene rings is 2. The van der Waals surface area contributed by atoms with Gasteiger partial charge in [-0.3, -0.25) is 9.59 Å². The molecular weight excluding hydrogens is 418 g/mol. The fraction of sp³-hybridized carbons (Fsp3) is 0.308. The van der Waals surface area contributed by atoms with Gasteiger partial charge in [0.1, 0.15) is 11.5 Å². The van der Waals surface area contributed by atoms with Crippen LogP contribution < -0.4 is 15.0 Å². The summed E-state index contributed by atoms with van der Waals surface area (Å²) in [5, 5.41) is 3.13. The predicted molar refractivity (Wildman–Crippen MR) is 127 cm³/mol. The van der Waals surface area contributed by atoms with Crippen LogP contribution in [0.4, 0.5) is 5.69 Å². The van der Waals surface area contributed by atoms with Crippen molar-refractivity contribution in [3.05, 3.63) is 83.8 Å². The Morgan fingerprint density at radius 1 is 1.06 bits per heavy atom. The molecule has 0 atom stereocenters. The Labute approximate surface area is 193 Å². The lowest BCUT2D eigenvalue weighted by Crippen LogP contribution is -2.45. The van der Waals surface area contributed by atoms with Crippen LogP contribution in [0.15, 0.2) is 71.3 Å². The lowest BCUT2D eigenvalue weighted by Gasteiger charge is -2.35. The first kappa shape index (κ1) is 22.5. The summed E-state index contributed by atoms with van der Waals surface area (Å²) in [7, 11) is 3.38. The van der Waals surface area contributed by atoms with Crippen molar-refractivity contribution in [2.45, 2.75) is 25.4 Å². The number of rotatable bonds is 7. The fourth-order valence-electron chi connectivity index (χ4n) is 4.12. The van der Waals surface area contributed by atoms with Crippen molar-refractivity contribution >= 4 is 17.5 Å². The number of ether oxygens (including phenoxy) is 1. The van der Waals surface area contributed by atoms with E-state index in [1.54, 1.807) is 49.6 Å². The summed E-state index contributed by atoms with van der Waals surface area (Å²) in [6.07, 6.45) is 3.23.